The first-order valence-corrected chi connectivity index (χ1v) is 8.37. The third kappa shape index (κ3) is 4.17. The van der Waals surface area contributed by atoms with Gasteiger partial charge in [0.05, 0.1) is 12.8 Å². The monoisotopic (exact) mass is 363 g/mol. The number of methoxy groups -OCH3 is 1. The fourth-order valence-corrected chi connectivity index (χ4v) is 3.04. The zero-order valence-electron chi connectivity index (χ0n) is 13.8. The van der Waals surface area contributed by atoms with Crippen molar-refractivity contribution in [1.29, 1.82) is 0 Å². The molecule has 0 amide bonds. The van der Waals surface area contributed by atoms with E-state index in [-0.39, 0.29) is 5.69 Å². The average Bonchev–Trinajstić information content (AvgIpc) is 2.64. The lowest BCUT2D eigenvalue weighted by atomic mass is 10.2. The highest BCUT2D eigenvalue weighted by Crippen LogP contribution is 2.21. The molecule has 1 saturated heterocycles. The van der Waals surface area contributed by atoms with Crippen LogP contribution in [0.5, 0.6) is 5.75 Å². The van der Waals surface area contributed by atoms with Crippen LogP contribution >= 0.6 is 12.2 Å². The van der Waals surface area contributed by atoms with E-state index in [9.17, 15) is 8.78 Å². The molecular weight excluding hydrogens is 344 g/mol. The van der Waals surface area contributed by atoms with Crippen molar-refractivity contribution in [3.63, 3.8) is 0 Å². The molecule has 0 radical (unpaired) electrons. The van der Waals surface area contributed by atoms with E-state index in [0.717, 1.165) is 43.7 Å². The zero-order valence-corrected chi connectivity index (χ0v) is 14.7. The summed E-state index contributed by atoms with van der Waals surface area (Å²) in [6.07, 6.45) is 0. The molecule has 0 unspecified atom stereocenters. The van der Waals surface area contributed by atoms with Crippen LogP contribution in [0.4, 0.5) is 20.2 Å². The quantitative estimate of drug-likeness (QED) is 0.843. The first-order chi connectivity index (χ1) is 12.1. The Bertz CT molecular complexity index is 746. The molecule has 3 rings (SSSR count). The summed E-state index contributed by atoms with van der Waals surface area (Å²) in [5.74, 6) is -0.435. The second-order valence-electron chi connectivity index (χ2n) is 5.73. The minimum Gasteiger partial charge on any atom is -0.497 e. The van der Waals surface area contributed by atoms with Crippen LogP contribution in [0.25, 0.3) is 0 Å². The van der Waals surface area contributed by atoms with Crippen LogP contribution in [-0.2, 0) is 0 Å². The smallest absolute Gasteiger partial charge is 0.173 e. The molecular formula is C18H19F2N3OS. The van der Waals surface area contributed by atoms with Crippen LogP contribution in [0.15, 0.2) is 42.5 Å². The predicted molar refractivity (Wildman–Crippen MR) is 99.4 cm³/mol. The molecule has 0 atom stereocenters. The minimum atomic E-state index is -0.654. The van der Waals surface area contributed by atoms with E-state index in [2.05, 4.69) is 10.2 Å². The summed E-state index contributed by atoms with van der Waals surface area (Å²) in [6.45, 7) is 3.06. The zero-order chi connectivity index (χ0) is 17.8. The lowest BCUT2D eigenvalue weighted by Gasteiger charge is -2.37. The molecule has 25 heavy (non-hydrogen) atoms. The average molecular weight is 363 g/mol. The summed E-state index contributed by atoms with van der Waals surface area (Å²) in [4.78, 5) is 4.25. The Hall–Kier alpha value is -2.41. The molecule has 0 aromatic heterocycles. The maximum absolute atomic E-state index is 13.7. The molecule has 2 aromatic rings. The van der Waals surface area contributed by atoms with Gasteiger partial charge in [-0.3, -0.25) is 0 Å². The molecule has 1 fully saturated rings. The van der Waals surface area contributed by atoms with Crippen molar-refractivity contribution in [3.05, 3.63) is 54.1 Å². The number of nitrogens with one attached hydrogen (secondary N) is 1. The van der Waals surface area contributed by atoms with Crippen LogP contribution in [0.2, 0.25) is 0 Å². The molecule has 1 heterocycles. The number of rotatable bonds is 3. The van der Waals surface area contributed by atoms with Crippen LogP contribution < -0.4 is 15.0 Å². The maximum Gasteiger partial charge on any atom is 0.173 e. The van der Waals surface area contributed by atoms with Gasteiger partial charge in [0.25, 0.3) is 0 Å². The van der Waals surface area contributed by atoms with E-state index >= 15 is 0 Å². The highest BCUT2D eigenvalue weighted by Gasteiger charge is 2.20. The Kier molecular flexibility index (Phi) is 5.33. The number of hydrogen-bond acceptors (Lipinski definition) is 3. The normalized spacial score (nSPS) is 14.4. The molecule has 0 aliphatic carbocycles. The van der Waals surface area contributed by atoms with Gasteiger partial charge in [0, 0.05) is 37.9 Å². The van der Waals surface area contributed by atoms with Gasteiger partial charge in [-0.2, -0.15) is 0 Å². The fraction of sp³-hybridized carbons (Fsp3) is 0.278. The number of piperazine rings is 1. The number of ether oxygens (including phenoxy) is 1. The summed E-state index contributed by atoms with van der Waals surface area (Å²) in [5.41, 5.74) is 1.31. The third-order valence-corrected chi connectivity index (χ3v) is 4.54. The predicted octanol–water partition coefficient (Wildman–Crippen LogP) is 3.49. The van der Waals surface area contributed by atoms with Gasteiger partial charge in [-0.1, -0.05) is 0 Å². The number of thiocarbonyl (C=S) groups is 1. The standard InChI is InChI=1S/C18H19F2N3OS/c1-24-15-5-3-14(4-6-15)22-8-10-23(11-9-22)18(25)21-17-7-2-13(19)12-16(17)20/h2-7,12H,8-11H2,1H3,(H,21,25). The fourth-order valence-electron chi connectivity index (χ4n) is 2.75. The summed E-state index contributed by atoms with van der Waals surface area (Å²) in [6, 6.07) is 11.3. The summed E-state index contributed by atoms with van der Waals surface area (Å²) in [7, 11) is 1.64. The molecule has 4 nitrogen and oxygen atoms in total. The first kappa shape index (κ1) is 17.4. The van der Waals surface area contributed by atoms with Crippen LogP contribution in [-0.4, -0.2) is 43.3 Å². The van der Waals surface area contributed by atoms with E-state index in [1.54, 1.807) is 7.11 Å². The van der Waals surface area contributed by atoms with Gasteiger partial charge in [-0.25, -0.2) is 8.78 Å². The van der Waals surface area contributed by atoms with Gasteiger partial charge >= 0.3 is 0 Å². The van der Waals surface area contributed by atoms with Crippen LogP contribution in [0, 0.1) is 11.6 Å². The molecule has 0 saturated carbocycles. The van der Waals surface area contributed by atoms with Crippen molar-refractivity contribution < 1.29 is 13.5 Å². The minimum absolute atomic E-state index is 0.184. The van der Waals surface area contributed by atoms with Crippen LogP contribution in [0.3, 0.4) is 0 Å². The lowest BCUT2D eigenvalue weighted by Crippen LogP contribution is -2.50. The van der Waals surface area contributed by atoms with Crippen LogP contribution in [0.1, 0.15) is 0 Å². The third-order valence-electron chi connectivity index (χ3n) is 4.18. The second kappa shape index (κ2) is 7.65. The van der Waals surface area contributed by atoms with Gasteiger partial charge in [-0.15, -0.1) is 0 Å². The Morgan fingerprint density at radius 3 is 2.32 bits per heavy atom. The Labute approximate surface area is 151 Å². The summed E-state index contributed by atoms with van der Waals surface area (Å²) >= 11 is 5.36. The van der Waals surface area contributed by atoms with Gasteiger partial charge < -0.3 is 19.9 Å². The molecule has 132 valence electrons. The van der Waals surface area contributed by atoms with Gasteiger partial charge in [0.2, 0.25) is 0 Å². The highest BCUT2D eigenvalue weighted by molar-refractivity contribution is 7.80. The number of anilines is 2. The molecule has 1 aliphatic rings. The van der Waals surface area contributed by atoms with Crippen molar-refractivity contribution in [2.45, 2.75) is 0 Å². The maximum atomic E-state index is 13.7. The van der Waals surface area contributed by atoms with E-state index in [4.69, 9.17) is 17.0 Å². The highest BCUT2D eigenvalue weighted by atomic mass is 32.1. The Morgan fingerprint density at radius 1 is 1.04 bits per heavy atom. The first-order valence-electron chi connectivity index (χ1n) is 7.97. The Balaban J connectivity index is 1.56. The lowest BCUT2D eigenvalue weighted by molar-refractivity contribution is 0.390. The molecule has 1 aliphatic heterocycles. The molecule has 0 spiro atoms. The molecule has 7 heteroatoms. The van der Waals surface area contributed by atoms with E-state index in [0.29, 0.717) is 5.11 Å². The number of halogens is 2. The second-order valence-corrected chi connectivity index (χ2v) is 6.11. The van der Waals surface area contributed by atoms with Crippen molar-refractivity contribution in [1.82, 2.24) is 4.90 Å². The van der Waals surface area contributed by atoms with Gasteiger partial charge in [0.1, 0.15) is 17.4 Å². The van der Waals surface area contributed by atoms with Gasteiger partial charge in [0.15, 0.2) is 5.11 Å². The Morgan fingerprint density at radius 2 is 1.72 bits per heavy atom. The van der Waals surface area contributed by atoms with Crippen molar-refractivity contribution in [3.8, 4) is 5.75 Å². The van der Waals surface area contributed by atoms with E-state index < -0.39 is 11.6 Å². The van der Waals surface area contributed by atoms with Crippen molar-refractivity contribution >= 4 is 28.7 Å². The number of benzene rings is 2. The summed E-state index contributed by atoms with van der Waals surface area (Å²) in [5, 5.41) is 3.30. The van der Waals surface area contributed by atoms with E-state index in [1.807, 2.05) is 29.2 Å². The molecule has 2 aromatic carbocycles. The van der Waals surface area contributed by atoms with Crippen molar-refractivity contribution in [2.75, 3.05) is 43.5 Å². The van der Waals surface area contributed by atoms with E-state index in [1.165, 1.54) is 12.1 Å². The molecule has 0 bridgehead atoms. The largest absolute Gasteiger partial charge is 0.497 e. The molecule has 1 N–H and O–H groups in total. The summed E-state index contributed by atoms with van der Waals surface area (Å²) < 4.78 is 31.9. The topological polar surface area (TPSA) is 27.7 Å². The van der Waals surface area contributed by atoms with Crippen molar-refractivity contribution in [2.24, 2.45) is 0 Å². The number of nitrogens with zero attached hydrogens (tertiary/aromatic N) is 2. The number of hydrogen-bond donors (Lipinski definition) is 1. The SMILES string of the molecule is COc1ccc(N2CCN(C(=S)Nc3ccc(F)cc3F)CC2)cc1. The van der Waals surface area contributed by atoms with Gasteiger partial charge in [-0.05, 0) is 48.6 Å².